The Kier molecular flexibility index (Phi) is 11.6. The van der Waals surface area contributed by atoms with Crippen LogP contribution < -0.4 is 18.9 Å². The zero-order chi connectivity index (χ0) is 39.6. The molecule has 4 atom stereocenters. The van der Waals surface area contributed by atoms with Gasteiger partial charge in [-0.2, -0.15) is 0 Å². The van der Waals surface area contributed by atoms with Gasteiger partial charge in [-0.05, 0) is 173 Å². The van der Waals surface area contributed by atoms with Gasteiger partial charge in [-0.3, -0.25) is 0 Å². The molecule has 4 aromatic carbocycles. The maximum atomic E-state index is 13.1. The van der Waals surface area contributed by atoms with Gasteiger partial charge in [0.1, 0.15) is 23.0 Å². The van der Waals surface area contributed by atoms with Crippen LogP contribution in [0, 0.1) is 11.8 Å². The van der Waals surface area contributed by atoms with Crippen LogP contribution in [0.1, 0.15) is 125 Å². The minimum Gasteiger partial charge on any atom is -0.494 e. The Bertz CT molecular complexity index is 1870. The van der Waals surface area contributed by atoms with Crippen molar-refractivity contribution in [3.05, 3.63) is 107 Å². The fraction of sp³-hybridized carbons (Fsp3) is 0.458. The van der Waals surface area contributed by atoms with Crippen LogP contribution in [-0.4, -0.2) is 48.6 Å². The third-order valence-corrected chi connectivity index (χ3v) is 11.8. The molecule has 0 N–H and O–H groups in total. The lowest BCUT2D eigenvalue weighted by molar-refractivity contribution is 0.0725. The van der Waals surface area contributed by atoms with Crippen molar-refractivity contribution < 1.29 is 38.0 Å². The molecule has 1 aliphatic carbocycles. The van der Waals surface area contributed by atoms with E-state index < -0.39 is 11.9 Å². The number of ether oxygens (including phenoxy) is 6. The lowest BCUT2D eigenvalue weighted by Crippen LogP contribution is -2.09. The number of carbonyl (C=O) groups is 2. The van der Waals surface area contributed by atoms with Gasteiger partial charge in [0.05, 0.1) is 47.8 Å². The molecule has 0 saturated carbocycles. The number of rotatable bonds is 18. The first kappa shape index (κ1) is 39.6. The number of hydrogen-bond acceptors (Lipinski definition) is 8. The normalized spacial score (nSPS) is 20.6. The fourth-order valence-corrected chi connectivity index (χ4v) is 7.68. The third-order valence-electron chi connectivity index (χ3n) is 11.8. The minimum absolute atomic E-state index is 0.0124. The van der Waals surface area contributed by atoms with Crippen LogP contribution >= 0.6 is 0 Å². The molecule has 0 spiro atoms. The van der Waals surface area contributed by atoms with Crippen LogP contribution in [0.4, 0.5) is 0 Å². The molecule has 8 nitrogen and oxygen atoms in total. The number of esters is 2. The zero-order valence-electron chi connectivity index (χ0n) is 33.9. The van der Waals surface area contributed by atoms with E-state index in [1.165, 1.54) is 0 Å². The van der Waals surface area contributed by atoms with E-state index >= 15 is 0 Å². The summed E-state index contributed by atoms with van der Waals surface area (Å²) < 4.78 is 34.9. The number of benzene rings is 4. The first-order valence-electron chi connectivity index (χ1n) is 20.3. The Hall–Kier alpha value is -4.66. The zero-order valence-corrected chi connectivity index (χ0v) is 33.9. The highest BCUT2D eigenvalue weighted by Gasteiger charge is 2.47. The Balaban J connectivity index is 0.863. The highest BCUT2D eigenvalue weighted by Crippen LogP contribution is 2.47. The highest BCUT2D eigenvalue weighted by atomic mass is 16.6. The third kappa shape index (κ3) is 9.64. The van der Waals surface area contributed by atoms with Crippen molar-refractivity contribution in [3.8, 4) is 34.1 Å². The van der Waals surface area contributed by atoms with E-state index in [4.69, 9.17) is 28.4 Å². The van der Waals surface area contributed by atoms with Gasteiger partial charge in [0.2, 0.25) is 0 Å². The van der Waals surface area contributed by atoms with Gasteiger partial charge in [0, 0.05) is 5.92 Å². The first-order valence-corrected chi connectivity index (χ1v) is 20.3. The SMILES string of the molecule is CC(CCOc1ccc(C(=O)Oc2ccc3c(c2)C(C)c2cc(OC(=O)c4ccc(OCCC(C)CCC5OC5(C)C)cc4)ccc2-3)cc1)CCC1OC1(C)C. The molecule has 4 aromatic rings. The Morgan fingerprint density at radius 3 is 1.29 bits per heavy atom. The van der Waals surface area contributed by atoms with E-state index in [1.54, 1.807) is 24.3 Å². The number of hydrogen-bond donors (Lipinski definition) is 0. The lowest BCUT2D eigenvalue weighted by atomic mass is 9.98. The van der Waals surface area contributed by atoms with E-state index in [1.807, 2.05) is 60.7 Å². The van der Waals surface area contributed by atoms with Gasteiger partial charge in [0.15, 0.2) is 0 Å². The summed E-state index contributed by atoms with van der Waals surface area (Å²) in [4.78, 5) is 26.2. The molecule has 0 amide bonds. The minimum atomic E-state index is -0.429. The molecular weight excluding hydrogens is 705 g/mol. The summed E-state index contributed by atoms with van der Waals surface area (Å²) >= 11 is 0. The summed E-state index contributed by atoms with van der Waals surface area (Å²) in [5.74, 6) is 2.67. The van der Waals surface area contributed by atoms with Gasteiger partial charge >= 0.3 is 11.9 Å². The van der Waals surface area contributed by atoms with E-state index in [-0.39, 0.29) is 17.1 Å². The quantitative estimate of drug-likeness (QED) is 0.0562. The number of carbonyl (C=O) groups excluding carboxylic acids is 2. The first-order chi connectivity index (χ1) is 26.8. The molecule has 8 heteroatoms. The summed E-state index contributed by atoms with van der Waals surface area (Å²) in [6.45, 7) is 16.4. The summed E-state index contributed by atoms with van der Waals surface area (Å²) in [7, 11) is 0. The van der Waals surface area contributed by atoms with Crippen LogP contribution in [0.5, 0.6) is 23.0 Å². The molecule has 2 fully saturated rings. The van der Waals surface area contributed by atoms with Crippen molar-refractivity contribution in [2.45, 2.75) is 116 Å². The van der Waals surface area contributed by atoms with Crippen molar-refractivity contribution in [3.63, 3.8) is 0 Å². The highest BCUT2D eigenvalue weighted by molar-refractivity contribution is 5.92. The summed E-state index contributed by atoms with van der Waals surface area (Å²) in [6, 6.07) is 25.7. The lowest BCUT2D eigenvalue weighted by Gasteiger charge is -2.12. The fourth-order valence-electron chi connectivity index (χ4n) is 7.68. The van der Waals surface area contributed by atoms with Crippen molar-refractivity contribution in [1.29, 1.82) is 0 Å². The molecule has 2 aliphatic heterocycles. The summed E-state index contributed by atoms with van der Waals surface area (Å²) in [5.41, 5.74) is 5.22. The van der Waals surface area contributed by atoms with Gasteiger partial charge < -0.3 is 28.4 Å². The van der Waals surface area contributed by atoms with Gasteiger partial charge in [-0.25, -0.2) is 9.59 Å². The Morgan fingerprint density at radius 2 is 0.929 bits per heavy atom. The Morgan fingerprint density at radius 1 is 0.571 bits per heavy atom. The standard InChI is InChI=1S/C48H56O8/c1-30(8-22-43-47(4,5)55-43)24-26-51-35-14-10-33(11-15-35)45(49)53-37-18-20-39-40-21-19-38(29-42(40)32(3)41(39)28-37)54-46(50)34-12-16-36(17-13-34)52-27-25-31(2)9-23-44-48(6,7)56-44/h10-21,28-32,43-44H,8-9,22-27H2,1-7H3. The van der Waals surface area contributed by atoms with Crippen LogP contribution in [0.15, 0.2) is 84.9 Å². The summed E-state index contributed by atoms with van der Waals surface area (Å²) in [5, 5.41) is 0. The molecule has 3 aliphatic rings. The summed E-state index contributed by atoms with van der Waals surface area (Å²) in [6.07, 6.45) is 7.11. The maximum absolute atomic E-state index is 13.1. The van der Waals surface area contributed by atoms with Crippen LogP contribution in [0.25, 0.3) is 11.1 Å². The van der Waals surface area contributed by atoms with E-state index in [2.05, 4.69) is 48.5 Å². The predicted molar refractivity (Wildman–Crippen MR) is 217 cm³/mol. The second kappa shape index (κ2) is 16.4. The molecule has 0 radical (unpaired) electrons. The molecule has 296 valence electrons. The molecule has 0 bridgehead atoms. The average molecular weight is 761 g/mol. The Labute approximate surface area is 331 Å². The van der Waals surface area contributed by atoms with Gasteiger partial charge in [-0.15, -0.1) is 0 Å². The van der Waals surface area contributed by atoms with E-state index in [0.717, 1.165) is 72.3 Å². The molecular formula is C48H56O8. The van der Waals surface area contributed by atoms with Crippen molar-refractivity contribution in [2.24, 2.45) is 11.8 Å². The second-order valence-electron chi connectivity index (χ2n) is 17.1. The smallest absolute Gasteiger partial charge is 0.343 e. The monoisotopic (exact) mass is 760 g/mol. The topological polar surface area (TPSA) is 96.1 Å². The van der Waals surface area contributed by atoms with E-state index in [0.29, 0.717) is 59.9 Å². The van der Waals surface area contributed by atoms with E-state index in [9.17, 15) is 9.59 Å². The number of fused-ring (bicyclic) bond motifs is 3. The van der Waals surface area contributed by atoms with Gasteiger partial charge in [-0.1, -0.05) is 32.9 Å². The van der Waals surface area contributed by atoms with Gasteiger partial charge in [0.25, 0.3) is 0 Å². The van der Waals surface area contributed by atoms with Crippen molar-refractivity contribution in [1.82, 2.24) is 0 Å². The van der Waals surface area contributed by atoms with Crippen molar-refractivity contribution in [2.75, 3.05) is 13.2 Å². The average Bonchev–Trinajstić information content (AvgIpc) is 3.98. The molecule has 2 saturated heterocycles. The van der Waals surface area contributed by atoms with Crippen LogP contribution in [0.3, 0.4) is 0 Å². The maximum Gasteiger partial charge on any atom is 0.343 e. The molecule has 4 unspecified atom stereocenters. The molecule has 56 heavy (non-hydrogen) atoms. The molecule has 7 rings (SSSR count). The van der Waals surface area contributed by atoms with Crippen molar-refractivity contribution >= 4 is 11.9 Å². The largest absolute Gasteiger partial charge is 0.494 e. The van der Waals surface area contributed by atoms with Crippen LogP contribution in [-0.2, 0) is 9.47 Å². The molecule has 0 aromatic heterocycles. The predicted octanol–water partition coefficient (Wildman–Crippen LogP) is 11.0. The number of epoxide rings is 2. The van der Waals surface area contributed by atoms with Crippen LogP contribution in [0.2, 0.25) is 0 Å². The molecule has 2 heterocycles. The second-order valence-corrected chi connectivity index (χ2v) is 17.1.